The molecule has 170 valence electrons. The molecule has 0 bridgehead atoms. The zero-order chi connectivity index (χ0) is 22.2. The summed E-state index contributed by atoms with van der Waals surface area (Å²) in [5, 5.41) is 0.680. The Morgan fingerprint density at radius 2 is 1.84 bits per heavy atom. The monoisotopic (exact) mass is 427 g/mol. The maximum absolute atomic E-state index is 13.2. The van der Waals surface area contributed by atoms with Gasteiger partial charge in [-0.15, -0.1) is 0 Å². The van der Waals surface area contributed by atoms with E-state index in [2.05, 4.69) is 18.7 Å². The smallest absolute Gasteiger partial charge is 0.261 e. The number of nitrogens with zero attached hydrogens (tertiary/aromatic N) is 4. The normalized spacial score (nSPS) is 16.0. The highest BCUT2D eigenvalue weighted by molar-refractivity contribution is 5.77. The largest absolute Gasteiger partial charge is 0.340 e. The van der Waals surface area contributed by atoms with Gasteiger partial charge in [0.1, 0.15) is 5.82 Å². The minimum atomic E-state index is 0.0483. The van der Waals surface area contributed by atoms with Crippen LogP contribution in [0.15, 0.2) is 29.1 Å². The first-order valence-electron chi connectivity index (χ1n) is 11.8. The molecule has 1 aliphatic heterocycles. The predicted molar refractivity (Wildman–Crippen MR) is 125 cm³/mol. The van der Waals surface area contributed by atoms with Crippen LogP contribution in [0.1, 0.15) is 64.2 Å². The lowest BCUT2D eigenvalue weighted by Crippen LogP contribution is -2.50. The zero-order valence-electron chi connectivity index (χ0n) is 19.1. The summed E-state index contributed by atoms with van der Waals surface area (Å²) in [4.78, 5) is 35.0. The summed E-state index contributed by atoms with van der Waals surface area (Å²) in [5.41, 5.74) is 6.35. The van der Waals surface area contributed by atoms with Crippen molar-refractivity contribution in [1.29, 1.82) is 0 Å². The minimum absolute atomic E-state index is 0.0483. The molecule has 0 spiro atoms. The zero-order valence-corrected chi connectivity index (χ0v) is 19.1. The third-order valence-electron chi connectivity index (χ3n) is 6.23. The molecule has 2 N–H and O–H groups in total. The molecule has 0 aliphatic carbocycles. The third-order valence-corrected chi connectivity index (χ3v) is 6.23. The number of nitrogens with two attached hydrogens (primary N) is 1. The number of amides is 1. The summed E-state index contributed by atoms with van der Waals surface area (Å²) < 4.78 is 1.87. The summed E-state index contributed by atoms with van der Waals surface area (Å²) in [6, 6.07) is 7.68. The second-order valence-electron chi connectivity index (χ2n) is 8.38. The van der Waals surface area contributed by atoms with Gasteiger partial charge in [0.2, 0.25) is 5.91 Å². The molecule has 2 aromatic rings. The van der Waals surface area contributed by atoms with E-state index >= 15 is 0 Å². The average molecular weight is 428 g/mol. The van der Waals surface area contributed by atoms with Crippen LogP contribution in [0.2, 0.25) is 0 Å². The van der Waals surface area contributed by atoms with E-state index in [9.17, 15) is 9.59 Å². The topological polar surface area (TPSA) is 84.5 Å². The van der Waals surface area contributed by atoms with Crippen LogP contribution < -0.4 is 11.3 Å². The average Bonchev–Trinajstić information content (AvgIpc) is 2.80. The Morgan fingerprint density at radius 1 is 1.10 bits per heavy atom. The molecule has 1 amide bonds. The van der Waals surface area contributed by atoms with E-state index in [-0.39, 0.29) is 17.5 Å². The summed E-state index contributed by atoms with van der Waals surface area (Å²) in [6.45, 7) is 8.68. The quantitative estimate of drug-likeness (QED) is 0.590. The summed E-state index contributed by atoms with van der Waals surface area (Å²) >= 11 is 0. The van der Waals surface area contributed by atoms with E-state index in [4.69, 9.17) is 10.7 Å². The molecular weight excluding hydrogens is 390 g/mol. The van der Waals surface area contributed by atoms with E-state index in [1.54, 1.807) is 0 Å². The van der Waals surface area contributed by atoms with Gasteiger partial charge in [0.05, 0.1) is 16.9 Å². The number of benzene rings is 1. The second-order valence-corrected chi connectivity index (χ2v) is 8.38. The Hall–Kier alpha value is -2.25. The molecule has 1 aliphatic rings. The van der Waals surface area contributed by atoms with Crippen LogP contribution in [-0.2, 0) is 11.3 Å². The fraction of sp³-hybridized carbons (Fsp3) is 0.625. The van der Waals surface area contributed by atoms with Crippen molar-refractivity contribution in [1.82, 2.24) is 19.4 Å². The lowest BCUT2D eigenvalue weighted by Gasteiger charge is -2.39. The SMILES string of the molecule is CCCn1c(C(CC)N2CCN(C(=O)CCCCCN)CC2)nc2ccccc2c1=O. The van der Waals surface area contributed by atoms with Crippen molar-refractivity contribution in [3.63, 3.8) is 0 Å². The number of carbonyl (C=O) groups excluding carboxylic acids is 1. The van der Waals surface area contributed by atoms with Crippen molar-refractivity contribution >= 4 is 16.8 Å². The number of hydrogen-bond donors (Lipinski definition) is 1. The van der Waals surface area contributed by atoms with Crippen molar-refractivity contribution in [2.75, 3.05) is 32.7 Å². The Kier molecular flexibility index (Phi) is 8.60. The van der Waals surface area contributed by atoms with Gasteiger partial charge in [0.25, 0.3) is 5.56 Å². The number of fused-ring (bicyclic) bond motifs is 1. The number of unbranched alkanes of at least 4 members (excludes halogenated alkanes) is 2. The summed E-state index contributed by atoms with van der Waals surface area (Å²) in [7, 11) is 0. The van der Waals surface area contributed by atoms with Crippen molar-refractivity contribution in [3.05, 3.63) is 40.4 Å². The highest BCUT2D eigenvalue weighted by atomic mass is 16.2. The highest BCUT2D eigenvalue weighted by Gasteiger charge is 2.29. The number of rotatable bonds is 10. The lowest BCUT2D eigenvalue weighted by molar-refractivity contribution is -0.133. The highest BCUT2D eigenvalue weighted by Crippen LogP contribution is 2.25. The van der Waals surface area contributed by atoms with Gasteiger partial charge in [-0.3, -0.25) is 19.1 Å². The van der Waals surface area contributed by atoms with Crippen LogP contribution in [0.3, 0.4) is 0 Å². The first kappa shape index (κ1) is 23.4. The lowest BCUT2D eigenvalue weighted by atomic mass is 10.1. The van der Waals surface area contributed by atoms with E-state index in [1.165, 1.54) is 0 Å². The molecule has 1 unspecified atom stereocenters. The maximum atomic E-state index is 13.2. The van der Waals surface area contributed by atoms with Crippen molar-refractivity contribution in [3.8, 4) is 0 Å². The maximum Gasteiger partial charge on any atom is 0.261 e. The van der Waals surface area contributed by atoms with Gasteiger partial charge in [-0.05, 0) is 44.4 Å². The van der Waals surface area contributed by atoms with E-state index in [0.717, 1.165) is 69.6 Å². The molecule has 31 heavy (non-hydrogen) atoms. The van der Waals surface area contributed by atoms with Crippen molar-refractivity contribution in [2.24, 2.45) is 5.73 Å². The number of hydrogen-bond acceptors (Lipinski definition) is 5. The van der Waals surface area contributed by atoms with Gasteiger partial charge in [-0.1, -0.05) is 32.4 Å². The number of carbonyl (C=O) groups is 1. The molecule has 1 atom stereocenters. The Balaban J connectivity index is 1.74. The van der Waals surface area contributed by atoms with E-state index in [0.29, 0.717) is 24.9 Å². The summed E-state index contributed by atoms with van der Waals surface area (Å²) in [6.07, 6.45) is 5.29. The van der Waals surface area contributed by atoms with Gasteiger partial charge < -0.3 is 10.6 Å². The molecule has 3 rings (SSSR count). The van der Waals surface area contributed by atoms with Gasteiger partial charge >= 0.3 is 0 Å². The Labute approximate surface area is 185 Å². The van der Waals surface area contributed by atoms with Gasteiger partial charge in [0, 0.05) is 39.1 Å². The fourth-order valence-corrected chi connectivity index (χ4v) is 4.52. The Bertz CT molecular complexity index is 918. The van der Waals surface area contributed by atoms with Crippen LogP contribution in [0, 0.1) is 0 Å². The van der Waals surface area contributed by atoms with E-state index < -0.39 is 0 Å². The summed E-state index contributed by atoms with van der Waals surface area (Å²) in [5.74, 6) is 1.10. The van der Waals surface area contributed by atoms with Gasteiger partial charge in [0.15, 0.2) is 0 Å². The second kappa shape index (κ2) is 11.4. The van der Waals surface area contributed by atoms with Crippen LogP contribution in [-0.4, -0.2) is 58.0 Å². The molecule has 1 saturated heterocycles. The van der Waals surface area contributed by atoms with Crippen molar-refractivity contribution in [2.45, 2.75) is 65.0 Å². The molecule has 7 nitrogen and oxygen atoms in total. The fourth-order valence-electron chi connectivity index (χ4n) is 4.52. The van der Waals surface area contributed by atoms with Crippen molar-refractivity contribution < 1.29 is 4.79 Å². The molecule has 0 saturated carbocycles. The molecule has 1 aromatic carbocycles. The van der Waals surface area contributed by atoms with Crippen LogP contribution in [0.5, 0.6) is 0 Å². The number of aromatic nitrogens is 2. The predicted octanol–water partition coefficient (Wildman–Crippen LogP) is 2.92. The molecular formula is C24H37N5O2. The standard InChI is InChI=1S/C24H37N5O2/c1-3-14-29-23(26-20-11-8-7-10-19(20)24(29)31)21(4-2)27-15-17-28(18-16-27)22(30)12-6-5-9-13-25/h7-8,10-11,21H,3-6,9,12-18,25H2,1-2H3. The first-order chi connectivity index (χ1) is 15.1. The van der Waals surface area contributed by atoms with Gasteiger partial charge in [-0.25, -0.2) is 4.98 Å². The molecule has 2 heterocycles. The Morgan fingerprint density at radius 3 is 2.52 bits per heavy atom. The third kappa shape index (κ3) is 5.52. The van der Waals surface area contributed by atoms with Gasteiger partial charge in [-0.2, -0.15) is 0 Å². The molecule has 1 aromatic heterocycles. The van der Waals surface area contributed by atoms with Crippen LogP contribution in [0.4, 0.5) is 0 Å². The van der Waals surface area contributed by atoms with E-state index in [1.807, 2.05) is 33.7 Å². The first-order valence-corrected chi connectivity index (χ1v) is 11.8. The molecule has 7 heteroatoms. The number of para-hydroxylation sites is 1. The van der Waals surface area contributed by atoms with Crippen LogP contribution >= 0.6 is 0 Å². The number of piperazine rings is 1. The molecule has 1 fully saturated rings. The molecule has 0 radical (unpaired) electrons. The minimum Gasteiger partial charge on any atom is -0.340 e. The van der Waals surface area contributed by atoms with Crippen LogP contribution in [0.25, 0.3) is 10.9 Å².